The van der Waals surface area contributed by atoms with Crippen molar-refractivity contribution in [2.75, 3.05) is 11.9 Å². The zero-order valence-corrected chi connectivity index (χ0v) is 14.3. The van der Waals surface area contributed by atoms with Gasteiger partial charge in [0.25, 0.3) is 0 Å². The van der Waals surface area contributed by atoms with Gasteiger partial charge in [-0.15, -0.1) is 5.10 Å². The quantitative estimate of drug-likeness (QED) is 0.793. The summed E-state index contributed by atoms with van der Waals surface area (Å²) in [6.45, 7) is 2.11. The molecule has 1 aromatic heterocycles. The lowest BCUT2D eigenvalue weighted by Crippen LogP contribution is -2.42. The molecule has 0 radical (unpaired) electrons. The minimum absolute atomic E-state index is 0.253. The number of benzene rings is 1. The number of nitrogens with one attached hydrogen (secondary N) is 2. The van der Waals surface area contributed by atoms with Gasteiger partial charge in [-0.25, -0.2) is 9.48 Å². The largest absolute Gasteiger partial charge is 0.388 e. The van der Waals surface area contributed by atoms with E-state index >= 15 is 0 Å². The van der Waals surface area contributed by atoms with Crippen molar-refractivity contribution in [1.29, 1.82) is 0 Å². The molecule has 1 heterocycles. The monoisotopic (exact) mass is 348 g/mol. The van der Waals surface area contributed by atoms with E-state index in [2.05, 4.69) is 15.7 Å². The zero-order chi connectivity index (χ0) is 17.2. The number of rotatable bonds is 4. The van der Waals surface area contributed by atoms with E-state index in [1.165, 1.54) is 0 Å². The first-order valence-electron chi connectivity index (χ1n) is 8.05. The molecule has 3 N–H and O–H groups in total. The van der Waals surface area contributed by atoms with Gasteiger partial charge in [-0.05, 0) is 31.9 Å². The molecule has 128 valence electrons. The van der Waals surface area contributed by atoms with Crippen LogP contribution in [0.15, 0.2) is 30.5 Å². The van der Waals surface area contributed by atoms with Crippen molar-refractivity contribution in [2.24, 2.45) is 0 Å². The maximum Gasteiger partial charge on any atom is 0.320 e. The van der Waals surface area contributed by atoms with Gasteiger partial charge >= 0.3 is 6.03 Å². The first-order valence-corrected chi connectivity index (χ1v) is 8.43. The Labute approximate surface area is 145 Å². The molecule has 0 aliphatic heterocycles. The van der Waals surface area contributed by atoms with Crippen molar-refractivity contribution in [3.8, 4) is 5.69 Å². The van der Waals surface area contributed by atoms with E-state index in [0.29, 0.717) is 10.8 Å². The number of aryl methyl sites for hydroxylation is 1. The first-order chi connectivity index (χ1) is 11.5. The molecular formula is C17H21ClN4O2. The number of aromatic nitrogens is 2. The second-order valence-electron chi connectivity index (χ2n) is 6.30. The molecular weight excluding hydrogens is 328 g/mol. The smallest absolute Gasteiger partial charge is 0.320 e. The molecule has 0 spiro atoms. The van der Waals surface area contributed by atoms with Crippen molar-refractivity contribution >= 4 is 23.4 Å². The third kappa shape index (κ3) is 3.71. The highest BCUT2D eigenvalue weighted by molar-refractivity contribution is 6.32. The molecule has 1 saturated carbocycles. The average Bonchev–Trinajstić information content (AvgIpc) is 3.13. The number of carbonyl (C=O) groups excluding carboxylic acids is 1. The van der Waals surface area contributed by atoms with Crippen LogP contribution in [-0.2, 0) is 0 Å². The summed E-state index contributed by atoms with van der Waals surface area (Å²) < 4.78 is 1.64. The Bertz CT molecular complexity index is 738. The Hall–Kier alpha value is -2.05. The summed E-state index contributed by atoms with van der Waals surface area (Å²) in [6.07, 6.45) is 5.27. The van der Waals surface area contributed by atoms with Crippen LogP contribution in [0.3, 0.4) is 0 Å². The van der Waals surface area contributed by atoms with Crippen molar-refractivity contribution in [2.45, 2.75) is 38.2 Å². The number of nitrogens with zero attached hydrogens (tertiary/aromatic N) is 2. The highest BCUT2D eigenvalue weighted by Gasteiger charge is 2.31. The van der Waals surface area contributed by atoms with E-state index in [-0.39, 0.29) is 12.6 Å². The topological polar surface area (TPSA) is 79.2 Å². The molecule has 2 aromatic rings. The molecule has 0 saturated heterocycles. The van der Waals surface area contributed by atoms with Crippen molar-refractivity contribution < 1.29 is 9.90 Å². The number of anilines is 1. The molecule has 1 aliphatic rings. The summed E-state index contributed by atoms with van der Waals surface area (Å²) in [5.41, 5.74) is 0.796. The Kier molecular flexibility index (Phi) is 4.78. The fourth-order valence-electron chi connectivity index (χ4n) is 2.95. The summed E-state index contributed by atoms with van der Waals surface area (Å²) in [5.74, 6) is 0.464. The summed E-state index contributed by atoms with van der Waals surface area (Å²) >= 11 is 6.18. The number of aliphatic hydroxyl groups is 1. The molecule has 2 amide bonds. The predicted molar refractivity (Wildman–Crippen MR) is 93.8 cm³/mol. The van der Waals surface area contributed by atoms with E-state index in [9.17, 15) is 9.90 Å². The number of urea groups is 1. The minimum atomic E-state index is -0.774. The molecule has 0 bridgehead atoms. The van der Waals surface area contributed by atoms with Crippen molar-refractivity contribution in [1.82, 2.24) is 15.1 Å². The van der Waals surface area contributed by atoms with Crippen LogP contribution in [0, 0.1) is 6.92 Å². The fourth-order valence-corrected chi connectivity index (χ4v) is 3.17. The standard InChI is InChI=1S/C17H21ClN4O2/c1-12-10-22(14-7-3-2-6-13(14)18)21-15(12)20-16(23)19-11-17(24)8-4-5-9-17/h2-3,6-7,10,24H,4-5,8-9,11H2,1H3,(H2,19,20,21,23). The van der Waals surface area contributed by atoms with Crippen LogP contribution < -0.4 is 10.6 Å². The van der Waals surface area contributed by atoms with Crippen LogP contribution in [0.4, 0.5) is 10.6 Å². The molecule has 0 atom stereocenters. The molecule has 24 heavy (non-hydrogen) atoms. The van der Waals surface area contributed by atoms with Crippen LogP contribution >= 0.6 is 11.6 Å². The van der Waals surface area contributed by atoms with Crippen molar-refractivity contribution in [3.05, 3.63) is 41.0 Å². The Morgan fingerprint density at radius 2 is 2.08 bits per heavy atom. The second kappa shape index (κ2) is 6.83. The van der Waals surface area contributed by atoms with Gasteiger partial charge in [-0.1, -0.05) is 36.6 Å². The molecule has 1 aromatic carbocycles. The van der Waals surface area contributed by atoms with E-state index in [4.69, 9.17) is 11.6 Å². The summed E-state index contributed by atoms with van der Waals surface area (Å²) in [4.78, 5) is 12.1. The fraction of sp³-hybridized carbons (Fsp3) is 0.412. The van der Waals surface area contributed by atoms with Gasteiger partial charge < -0.3 is 10.4 Å². The van der Waals surface area contributed by atoms with Crippen LogP contribution in [-0.4, -0.2) is 33.1 Å². The predicted octanol–water partition coefficient (Wildman–Crippen LogP) is 3.26. The number of hydrogen-bond donors (Lipinski definition) is 3. The Morgan fingerprint density at radius 1 is 1.38 bits per heavy atom. The van der Waals surface area contributed by atoms with Gasteiger partial charge in [0.2, 0.25) is 0 Å². The maximum atomic E-state index is 12.1. The molecule has 7 heteroatoms. The zero-order valence-electron chi connectivity index (χ0n) is 13.6. The molecule has 3 rings (SSSR count). The normalized spacial score (nSPS) is 16.1. The van der Waals surface area contributed by atoms with E-state index < -0.39 is 5.60 Å². The first kappa shape index (κ1) is 16.8. The van der Waals surface area contributed by atoms with Gasteiger partial charge in [-0.3, -0.25) is 5.32 Å². The summed E-state index contributed by atoms with van der Waals surface area (Å²) in [7, 11) is 0. The van der Waals surface area contributed by atoms with E-state index in [1.807, 2.05) is 25.1 Å². The summed E-state index contributed by atoms with van der Waals surface area (Å²) in [5, 5.41) is 20.7. The van der Waals surface area contributed by atoms with Gasteiger partial charge in [0.1, 0.15) is 0 Å². The van der Waals surface area contributed by atoms with Crippen LogP contribution in [0.25, 0.3) is 5.69 Å². The number of carbonyl (C=O) groups is 1. The van der Waals surface area contributed by atoms with Crippen LogP contribution in [0.2, 0.25) is 5.02 Å². The maximum absolute atomic E-state index is 12.1. The summed E-state index contributed by atoms with van der Waals surface area (Å²) in [6, 6.07) is 7.00. The van der Waals surface area contributed by atoms with Gasteiger partial charge in [0.05, 0.1) is 16.3 Å². The van der Waals surface area contributed by atoms with E-state index in [1.54, 1.807) is 16.9 Å². The van der Waals surface area contributed by atoms with Crippen LogP contribution in [0.1, 0.15) is 31.2 Å². The van der Waals surface area contributed by atoms with Crippen LogP contribution in [0.5, 0.6) is 0 Å². The minimum Gasteiger partial charge on any atom is -0.388 e. The lowest BCUT2D eigenvalue weighted by atomic mass is 10.0. The second-order valence-corrected chi connectivity index (χ2v) is 6.70. The molecule has 6 nitrogen and oxygen atoms in total. The highest BCUT2D eigenvalue weighted by atomic mass is 35.5. The van der Waals surface area contributed by atoms with Gasteiger partial charge in [0.15, 0.2) is 5.82 Å². The highest BCUT2D eigenvalue weighted by Crippen LogP contribution is 2.28. The third-order valence-electron chi connectivity index (χ3n) is 4.34. The lowest BCUT2D eigenvalue weighted by Gasteiger charge is -2.22. The number of amides is 2. The Morgan fingerprint density at radius 3 is 2.79 bits per heavy atom. The lowest BCUT2D eigenvalue weighted by molar-refractivity contribution is 0.0506. The van der Waals surface area contributed by atoms with Crippen molar-refractivity contribution in [3.63, 3.8) is 0 Å². The molecule has 1 aliphatic carbocycles. The molecule has 1 fully saturated rings. The van der Waals surface area contributed by atoms with Gasteiger partial charge in [0, 0.05) is 18.3 Å². The number of halogens is 1. The Balaban J connectivity index is 1.65. The number of hydrogen-bond acceptors (Lipinski definition) is 3. The average molecular weight is 349 g/mol. The molecule has 0 unspecified atom stereocenters. The number of para-hydroxylation sites is 1. The third-order valence-corrected chi connectivity index (χ3v) is 4.66. The SMILES string of the molecule is Cc1cn(-c2ccccc2Cl)nc1NC(=O)NCC1(O)CCCC1. The van der Waals surface area contributed by atoms with E-state index in [0.717, 1.165) is 36.9 Å². The van der Waals surface area contributed by atoms with Gasteiger partial charge in [-0.2, -0.15) is 0 Å².